The number of hydrogen-bond acceptors (Lipinski definition) is 1. The summed E-state index contributed by atoms with van der Waals surface area (Å²) in [6.07, 6.45) is 1.21. The Bertz CT molecular complexity index is 549. The maximum absolute atomic E-state index is 6.65. The molecule has 3 rings (SSSR count). The van der Waals surface area contributed by atoms with Crippen LogP contribution in [0.3, 0.4) is 0 Å². The van der Waals surface area contributed by atoms with Gasteiger partial charge in [-0.05, 0) is 52.7 Å². The van der Waals surface area contributed by atoms with Crippen molar-refractivity contribution in [3.63, 3.8) is 0 Å². The third kappa shape index (κ3) is 2.38. The van der Waals surface area contributed by atoms with Gasteiger partial charge in [-0.3, -0.25) is 0 Å². The second-order valence-electron chi connectivity index (χ2n) is 4.89. The molecule has 1 aromatic heterocycles. The van der Waals surface area contributed by atoms with Crippen molar-refractivity contribution in [3.8, 4) is 0 Å². The number of benzene rings is 1. The Morgan fingerprint density at radius 1 is 1.33 bits per heavy atom. The summed E-state index contributed by atoms with van der Waals surface area (Å²) in [5.74, 6) is 1.23. The highest BCUT2D eigenvalue weighted by molar-refractivity contribution is 9.10. The Morgan fingerprint density at radius 3 is 2.67 bits per heavy atom. The minimum absolute atomic E-state index is 0.142. The first-order valence-corrected chi connectivity index (χ1v) is 8.16. The lowest BCUT2D eigenvalue weighted by atomic mass is 10.1. The minimum Gasteiger partial charge on any atom is -0.143 e. The number of thiophene rings is 1. The lowest BCUT2D eigenvalue weighted by Crippen LogP contribution is -1.93. The summed E-state index contributed by atoms with van der Waals surface area (Å²) in [5, 5.41) is 0.142. The van der Waals surface area contributed by atoms with E-state index >= 15 is 0 Å². The molecular weight excluding hydrogens is 328 g/mol. The first kappa shape index (κ1) is 12.7. The number of alkyl halides is 1. The summed E-state index contributed by atoms with van der Waals surface area (Å²) in [6.45, 7) is 2.13. The van der Waals surface area contributed by atoms with Crippen LogP contribution in [0.1, 0.15) is 33.0 Å². The molecular formula is C15H14BrClS. The van der Waals surface area contributed by atoms with Gasteiger partial charge in [-0.2, -0.15) is 0 Å². The van der Waals surface area contributed by atoms with Crippen LogP contribution in [0.15, 0.2) is 40.9 Å². The number of rotatable bonds is 3. The highest BCUT2D eigenvalue weighted by Gasteiger charge is 2.44. The van der Waals surface area contributed by atoms with Crippen LogP contribution >= 0.6 is 38.9 Å². The lowest BCUT2D eigenvalue weighted by molar-refractivity contribution is 0.773. The van der Waals surface area contributed by atoms with Gasteiger partial charge in [0.05, 0.1) is 5.38 Å². The molecule has 1 saturated carbocycles. The van der Waals surface area contributed by atoms with Gasteiger partial charge < -0.3 is 0 Å². The number of halogens is 2. The zero-order chi connectivity index (χ0) is 12.7. The van der Waals surface area contributed by atoms with Crippen LogP contribution in [-0.4, -0.2) is 0 Å². The predicted molar refractivity (Wildman–Crippen MR) is 82.6 cm³/mol. The molecule has 1 aliphatic carbocycles. The third-order valence-electron chi connectivity index (χ3n) is 3.53. The molecule has 1 heterocycles. The molecule has 0 N–H and O–H groups in total. The van der Waals surface area contributed by atoms with Gasteiger partial charge in [0.15, 0.2) is 0 Å². The standard InChI is InChI=1S/C15H14BrClS/c1-9-7-13(16)15(18-9)14(17)12-8-11(12)10-5-3-2-4-6-10/h2-7,11-12,14H,8H2,1H3. The van der Waals surface area contributed by atoms with Crippen LogP contribution in [0.5, 0.6) is 0 Å². The van der Waals surface area contributed by atoms with Crippen LogP contribution in [0.25, 0.3) is 0 Å². The highest BCUT2D eigenvalue weighted by Crippen LogP contribution is 2.58. The van der Waals surface area contributed by atoms with E-state index in [9.17, 15) is 0 Å². The molecule has 1 fully saturated rings. The van der Waals surface area contributed by atoms with E-state index in [1.807, 2.05) is 11.3 Å². The summed E-state index contributed by atoms with van der Waals surface area (Å²) in [4.78, 5) is 2.61. The maximum Gasteiger partial charge on any atom is 0.0724 e. The van der Waals surface area contributed by atoms with E-state index in [2.05, 4.69) is 59.3 Å². The molecule has 3 atom stereocenters. The van der Waals surface area contributed by atoms with Crippen LogP contribution in [0.2, 0.25) is 0 Å². The van der Waals surface area contributed by atoms with E-state index in [0.717, 1.165) is 0 Å². The second kappa shape index (κ2) is 4.99. The molecule has 0 radical (unpaired) electrons. The first-order valence-electron chi connectivity index (χ1n) is 6.11. The lowest BCUT2D eigenvalue weighted by Gasteiger charge is -2.08. The number of hydrogen-bond donors (Lipinski definition) is 0. The summed E-state index contributed by atoms with van der Waals surface area (Å²) < 4.78 is 1.17. The largest absolute Gasteiger partial charge is 0.143 e. The van der Waals surface area contributed by atoms with Crippen molar-refractivity contribution in [1.29, 1.82) is 0 Å². The van der Waals surface area contributed by atoms with E-state index in [4.69, 9.17) is 11.6 Å². The van der Waals surface area contributed by atoms with Gasteiger partial charge in [0.1, 0.15) is 0 Å². The van der Waals surface area contributed by atoms with E-state index in [1.54, 1.807) is 0 Å². The average molecular weight is 342 g/mol. The molecule has 0 amide bonds. The molecule has 0 spiro atoms. The molecule has 2 aromatic rings. The van der Waals surface area contributed by atoms with Crippen molar-refractivity contribution in [2.75, 3.05) is 0 Å². The summed E-state index contributed by atoms with van der Waals surface area (Å²) in [7, 11) is 0. The Kier molecular flexibility index (Phi) is 3.52. The van der Waals surface area contributed by atoms with Gasteiger partial charge in [0.25, 0.3) is 0 Å². The van der Waals surface area contributed by atoms with Crippen molar-refractivity contribution in [3.05, 3.63) is 56.2 Å². The Labute approximate surface area is 125 Å². The fraction of sp³-hybridized carbons (Fsp3) is 0.333. The normalized spacial score (nSPS) is 23.9. The van der Waals surface area contributed by atoms with E-state index in [-0.39, 0.29) is 5.38 Å². The molecule has 1 aliphatic rings. The molecule has 18 heavy (non-hydrogen) atoms. The third-order valence-corrected chi connectivity index (χ3v) is 6.25. The smallest absolute Gasteiger partial charge is 0.0724 e. The summed E-state index contributed by atoms with van der Waals surface area (Å²) in [5.41, 5.74) is 1.43. The molecule has 3 heteroatoms. The zero-order valence-corrected chi connectivity index (χ0v) is 13.2. The molecule has 0 bridgehead atoms. The Morgan fingerprint density at radius 2 is 2.06 bits per heavy atom. The van der Waals surface area contributed by atoms with Crippen LogP contribution in [-0.2, 0) is 0 Å². The second-order valence-corrected chi connectivity index (χ2v) is 7.50. The highest BCUT2D eigenvalue weighted by atomic mass is 79.9. The summed E-state index contributed by atoms with van der Waals surface area (Å²) in [6, 6.07) is 12.9. The van der Waals surface area contributed by atoms with Gasteiger partial charge in [-0.25, -0.2) is 0 Å². The van der Waals surface area contributed by atoms with Gasteiger partial charge in [-0.15, -0.1) is 22.9 Å². The van der Waals surface area contributed by atoms with Gasteiger partial charge >= 0.3 is 0 Å². The van der Waals surface area contributed by atoms with Crippen LogP contribution in [0, 0.1) is 12.8 Å². The van der Waals surface area contributed by atoms with Crippen molar-refractivity contribution in [1.82, 2.24) is 0 Å². The van der Waals surface area contributed by atoms with E-state index < -0.39 is 0 Å². The minimum atomic E-state index is 0.142. The topological polar surface area (TPSA) is 0 Å². The van der Waals surface area contributed by atoms with Crippen LogP contribution < -0.4 is 0 Å². The summed E-state index contributed by atoms with van der Waals surface area (Å²) >= 11 is 12.1. The average Bonchev–Trinajstić information content (AvgIpc) is 3.10. The van der Waals surface area contributed by atoms with E-state index in [1.165, 1.54) is 26.2 Å². The maximum atomic E-state index is 6.65. The Balaban J connectivity index is 1.77. The SMILES string of the molecule is Cc1cc(Br)c(C(Cl)C2CC2c2ccccc2)s1. The van der Waals surface area contributed by atoms with Crippen molar-refractivity contribution >= 4 is 38.9 Å². The fourth-order valence-electron chi connectivity index (χ4n) is 2.51. The molecule has 0 saturated heterocycles. The molecule has 0 nitrogen and oxygen atoms in total. The molecule has 3 unspecified atom stereocenters. The van der Waals surface area contributed by atoms with Crippen molar-refractivity contribution in [2.24, 2.45) is 5.92 Å². The zero-order valence-electron chi connectivity index (χ0n) is 10.1. The van der Waals surface area contributed by atoms with Gasteiger partial charge in [0, 0.05) is 14.2 Å². The predicted octanol–water partition coefficient (Wildman–Crippen LogP) is 5.90. The monoisotopic (exact) mass is 340 g/mol. The van der Waals surface area contributed by atoms with Gasteiger partial charge in [-0.1, -0.05) is 30.3 Å². The van der Waals surface area contributed by atoms with Gasteiger partial charge in [0.2, 0.25) is 0 Å². The first-order chi connectivity index (χ1) is 8.66. The molecule has 1 aromatic carbocycles. The quantitative estimate of drug-likeness (QED) is 0.609. The molecule has 94 valence electrons. The van der Waals surface area contributed by atoms with Crippen molar-refractivity contribution < 1.29 is 0 Å². The number of aryl methyl sites for hydroxylation is 1. The Hall–Kier alpha value is -0.310. The molecule has 0 aliphatic heterocycles. The van der Waals surface area contributed by atoms with Crippen molar-refractivity contribution in [2.45, 2.75) is 24.6 Å². The van der Waals surface area contributed by atoms with Crippen LogP contribution in [0.4, 0.5) is 0 Å². The fourth-order valence-corrected chi connectivity index (χ4v) is 5.12. The van der Waals surface area contributed by atoms with E-state index in [0.29, 0.717) is 11.8 Å².